The van der Waals surface area contributed by atoms with E-state index in [1.807, 2.05) is 45.9 Å². The van der Waals surface area contributed by atoms with E-state index in [2.05, 4.69) is 10.6 Å². The highest BCUT2D eigenvalue weighted by Gasteiger charge is 2.37. The predicted octanol–water partition coefficient (Wildman–Crippen LogP) is 5.40. The van der Waals surface area contributed by atoms with E-state index in [0.717, 1.165) is 11.1 Å². The highest BCUT2D eigenvalue weighted by molar-refractivity contribution is 6.34. The molecule has 2 rings (SSSR count). The van der Waals surface area contributed by atoms with Crippen molar-refractivity contribution in [3.8, 4) is 0 Å². The van der Waals surface area contributed by atoms with Crippen LogP contribution in [0.4, 0.5) is 10.5 Å². The van der Waals surface area contributed by atoms with Gasteiger partial charge in [0.2, 0.25) is 5.91 Å². The second-order valence-corrected chi connectivity index (χ2v) is 11.2. The molecular weight excluding hydrogens is 506 g/mol. The Balaban J connectivity index is 2.55. The summed E-state index contributed by atoms with van der Waals surface area (Å²) >= 11 is 6.38. The van der Waals surface area contributed by atoms with Gasteiger partial charge in [-0.2, -0.15) is 0 Å². The van der Waals surface area contributed by atoms with Crippen LogP contribution in [0.3, 0.4) is 0 Å². The molecule has 0 aliphatic heterocycles. The van der Waals surface area contributed by atoms with Gasteiger partial charge in [0, 0.05) is 6.54 Å². The number of aliphatic hydroxyl groups excluding tert-OH is 1. The van der Waals surface area contributed by atoms with E-state index in [-0.39, 0.29) is 19.1 Å². The number of aliphatic hydroxyl groups is 1. The molecule has 0 radical (unpaired) electrons. The van der Waals surface area contributed by atoms with Gasteiger partial charge in [0.05, 0.1) is 17.3 Å². The fourth-order valence-electron chi connectivity index (χ4n) is 4.14. The molecular formula is C29H40ClN3O5. The van der Waals surface area contributed by atoms with Gasteiger partial charge < -0.3 is 25.4 Å². The lowest BCUT2D eigenvalue weighted by molar-refractivity contribution is -0.141. The lowest BCUT2D eigenvalue weighted by Gasteiger charge is -2.35. The average Bonchev–Trinajstić information content (AvgIpc) is 2.80. The minimum Gasteiger partial charge on any atom is -0.444 e. The molecule has 0 heterocycles. The Morgan fingerprint density at radius 3 is 2.21 bits per heavy atom. The smallest absolute Gasteiger partial charge is 0.408 e. The van der Waals surface area contributed by atoms with E-state index in [1.165, 1.54) is 4.90 Å². The topological polar surface area (TPSA) is 108 Å². The first-order chi connectivity index (χ1) is 17.7. The van der Waals surface area contributed by atoms with Crippen molar-refractivity contribution in [2.75, 3.05) is 18.5 Å². The van der Waals surface area contributed by atoms with Crippen LogP contribution in [0.25, 0.3) is 0 Å². The van der Waals surface area contributed by atoms with Crippen molar-refractivity contribution in [3.63, 3.8) is 0 Å². The van der Waals surface area contributed by atoms with Gasteiger partial charge in [0.1, 0.15) is 17.7 Å². The summed E-state index contributed by atoms with van der Waals surface area (Å²) in [5.41, 5.74) is 1.84. The second-order valence-electron chi connectivity index (χ2n) is 10.8. The molecule has 0 aliphatic carbocycles. The van der Waals surface area contributed by atoms with Crippen LogP contribution in [0.15, 0.2) is 42.5 Å². The lowest BCUT2D eigenvalue weighted by Crippen LogP contribution is -2.53. The molecule has 2 aromatic carbocycles. The van der Waals surface area contributed by atoms with Crippen molar-refractivity contribution >= 4 is 35.2 Å². The van der Waals surface area contributed by atoms with Gasteiger partial charge in [-0.25, -0.2) is 4.79 Å². The Morgan fingerprint density at radius 2 is 1.66 bits per heavy atom. The summed E-state index contributed by atoms with van der Waals surface area (Å²) in [6, 6.07) is 10.5. The fourth-order valence-corrected chi connectivity index (χ4v) is 4.41. The van der Waals surface area contributed by atoms with Crippen LogP contribution < -0.4 is 10.6 Å². The molecule has 8 nitrogen and oxygen atoms in total. The van der Waals surface area contributed by atoms with Crippen molar-refractivity contribution in [2.24, 2.45) is 5.92 Å². The number of amides is 3. The number of nitrogens with one attached hydrogen (secondary N) is 2. The number of ether oxygens (including phenoxy) is 1. The molecule has 0 saturated carbocycles. The zero-order valence-corrected chi connectivity index (χ0v) is 24.1. The van der Waals surface area contributed by atoms with Crippen LogP contribution in [0.1, 0.15) is 63.8 Å². The number of hydrogen-bond acceptors (Lipinski definition) is 5. The molecule has 3 N–H and O–H groups in total. The minimum atomic E-state index is -1.10. The van der Waals surface area contributed by atoms with Crippen LogP contribution in [-0.2, 0) is 14.3 Å². The molecule has 2 aromatic rings. The molecule has 9 heteroatoms. The largest absolute Gasteiger partial charge is 0.444 e. The van der Waals surface area contributed by atoms with Gasteiger partial charge >= 0.3 is 6.09 Å². The van der Waals surface area contributed by atoms with Gasteiger partial charge in [0.25, 0.3) is 5.91 Å². The summed E-state index contributed by atoms with van der Waals surface area (Å²) in [7, 11) is 0. The van der Waals surface area contributed by atoms with Crippen LogP contribution in [0, 0.1) is 19.8 Å². The number of carbonyl (C=O) groups is 3. The van der Waals surface area contributed by atoms with Gasteiger partial charge in [-0.15, -0.1) is 0 Å². The Labute approximate surface area is 230 Å². The summed E-state index contributed by atoms with van der Waals surface area (Å²) in [5.74, 6) is -0.942. The minimum absolute atomic E-state index is 0.0476. The Morgan fingerprint density at radius 1 is 1.03 bits per heavy atom. The van der Waals surface area contributed by atoms with Crippen LogP contribution in [0.5, 0.6) is 0 Å². The number of para-hydroxylation sites is 1. The summed E-state index contributed by atoms with van der Waals surface area (Å²) < 4.78 is 5.39. The van der Waals surface area contributed by atoms with E-state index < -0.39 is 35.6 Å². The fraction of sp³-hybridized carbons (Fsp3) is 0.483. The molecule has 3 amide bonds. The van der Waals surface area contributed by atoms with Gasteiger partial charge in [-0.05, 0) is 69.7 Å². The molecule has 208 valence electrons. The third kappa shape index (κ3) is 8.74. The summed E-state index contributed by atoms with van der Waals surface area (Å²) in [4.78, 5) is 41.9. The van der Waals surface area contributed by atoms with E-state index >= 15 is 0 Å². The van der Waals surface area contributed by atoms with Crippen molar-refractivity contribution in [1.29, 1.82) is 0 Å². The SMILES string of the molecule is Cc1ccccc1C(C(=O)Nc1c(C)cccc1Cl)N(CCO)C(=O)C(CC(C)C)NC(=O)OC(C)(C)C. The Bertz CT molecular complexity index is 1110. The molecule has 0 bridgehead atoms. The maximum Gasteiger partial charge on any atom is 0.408 e. The van der Waals surface area contributed by atoms with Crippen molar-refractivity contribution in [2.45, 2.75) is 72.6 Å². The third-order valence-corrected chi connectivity index (χ3v) is 6.15. The quantitative estimate of drug-likeness (QED) is 0.370. The second kappa shape index (κ2) is 13.6. The first-order valence-electron chi connectivity index (χ1n) is 12.8. The molecule has 0 saturated heterocycles. The number of rotatable bonds is 10. The molecule has 0 aromatic heterocycles. The van der Waals surface area contributed by atoms with E-state index in [0.29, 0.717) is 22.7 Å². The number of nitrogens with zero attached hydrogens (tertiary/aromatic N) is 1. The van der Waals surface area contributed by atoms with Gasteiger partial charge in [-0.3, -0.25) is 9.59 Å². The van der Waals surface area contributed by atoms with Crippen LogP contribution in [0.2, 0.25) is 5.02 Å². The van der Waals surface area contributed by atoms with Gasteiger partial charge in [-0.1, -0.05) is 61.8 Å². The van der Waals surface area contributed by atoms with E-state index in [1.54, 1.807) is 45.0 Å². The first-order valence-corrected chi connectivity index (χ1v) is 13.1. The highest BCUT2D eigenvalue weighted by atomic mass is 35.5. The normalized spacial score (nSPS) is 13.0. The maximum atomic E-state index is 14.0. The lowest BCUT2D eigenvalue weighted by atomic mass is 9.96. The molecule has 38 heavy (non-hydrogen) atoms. The Kier molecular flexibility index (Phi) is 11.2. The number of aryl methyl sites for hydroxylation is 2. The zero-order chi connectivity index (χ0) is 28.6. The van der Waals surface area contributed by atoms with Crippen LogP contribution >= 0.6 is 11.6 Å². The monoisotopic (exact) mass is 545 g/mol. The van der Waals surface area contributed by atoms with E-state index in [4.69, 9.17) is 16.3 Å². The number of benzene rings is 2. The number of hydrogen-bond donors (Lipinski definition) is 3. The Hall–Kier alpha value is -3.10. The highest BCUT2D eigenvalue weighted by Crippen LogP contribution is 2.30. The summed E-state index contributed by atoms with van der Waals surface area (Å²) in [5, 5.41) is 15.9. The maximum absolute atomic E-state index is 14.0. The molecule has 0 aliphatic rings. The van der Waals surface area contributed by atoms with Crippen molar-refractivity contribution in [3.05, 3.63) is 64.2 Å². The van der Waals surface area contributed by atoms with Crippen molar-refractivity contribution in [1.82, 2.24) is 10.2 Å². The number of anilines is 1. The van der Waals surface area contributed by atoms with Crippen molar-refractivity contribution < 1.29 is 24.2 Å². The van der Waals surface area contributed by atoms with Crippen LogP contribution in [-0.4, -0.2) is 52.7 Å². The number of halogens is 1. The average molecular weight is 546 g/mol. The zero-order valence-electron chi connectivity index (χ0n) is 23.3. The number of alkyl carbamates (subject to hydrolysis) is 1. The summed E-state index contributed by atoms with van der Waals surface area (Å²) in [6.07, 6.45) is -0.421. The van der Waals surface area contributed by atoms with Gasteiger partial charge in [0.15, 0.2) is 0 Å². The molecule has 0 fully saturated rings. The molecule has 2 unspecified atom stereocenters. The first kappa shape index (κ1) is 31.1. The molecule has 0 spiro atoms. The molecule has 2 atom stereocenters. The summed E-state index contributed by atoms with van der Waals surface area (Å²) in [6.45, 7) is 12.2. The standard InChI is InChI=1S/C29H40ClN3O5/c1-18(2)17-23(31-28(37)38-29(5,6)7)27(36)33(15-16-34)25(21-13-9-8-11-19(21)3)26(35)32-24-20(4)12-10-14-22(24)30/h8-14,18,23,25,34H,15-17H2,1-7H3,(H,31,37)(H,32,35). The predicted molar refractivity (Wildman–Crippen MR) is 150 cm³/mol. The number of carbonyl (C=O) groups excluding carboxylic acids is 3. The third-order valence-electron chi connectivity index (χ3n) is 5.83. The van der Waals surface area contributed by atoms with E-state index in [9.17, 15) is 19.5 Å².